The molecule has 13 heavy (non-hydrogen) atoms. The van der Waals surface area contributed by atoms with Crippen LogP contribution in [0.1, 0.15) is 33.1 Å². The van der Waals surface area contributed by atoms with E-state index >= 15 is 0 Å². The van der Waals surface area contributed by atoms with Crippen molar-refractivity contribution in [1.82, 2.24) is 5.32 Å². The summed E-state index contributed by atoms with van der Waals surface area (Å²) in [5.41, 5.74) is 0. The predicted octanol–water partition coefficient (Wildman–Crippen LogP) is 1.64. The first-order chi connectivity index (χ1) is 6.20. The summed E-state index contributed by atoms with van der Waals surface area (Å²) in [7, 11) is 2.02. The fourth-order valence-corrected chi connectivity index (χ4v) is 2.34. The minimum absolute atomic E-state index is 0.319. The normalized spacial score (nSPS) is 22.8. The highest BCUT2D eigenvalue weighted by atomic mass is 16.3. The summed E-state index contributed by atoms with van der Waals surface area (Å²) in [4.78, 5) is 0. The lowest BCUT2D eigenvalue weighted by Crippen LogP contribution is -2.46. The van der Waals surface area contributed by atoms with Crippen LogP contribution < -0.4 is 5.32 Å². The van der Waals surface area contributed by atoms with Crippen LogP contribution in [0.4, 0.5) is 0 Å². The lowest BCUT2D eigenvalue weighted by molar-refractivity contribution is 0.0961. The highest BCUT2D eigenvalue weighted by Gasteiger charge is 2.33. The fourth-order valence-electron chi connectivity index (χ4n) is 2.34. The van der Waals surface area contributed by atoms with Crippen molar-refractivity contribution in [3.8, 4) is 0 Å². The molecule has 0 radical (unpaired) electrons. The smallest absolute Gasteiger partial charge is 0.0476 e. The van der Waals surface area contributed by atoms with E-state index in [0.717, 1.165) is 5.92 Å². The third kappa shape index (κ3) is 2.44. The van der Waals surface area contributed by atoms with Crippen LogP contribution in [0.3, 0.4) is 0 Å². The summed E-state index contributed by atoms with van der Waals surface area (Å²) in [6, 6.07) is 0.527. The van der Waals surface area contributed by atoms with Crippen molar-refractivity contribution >= 4 is 0 Å². The molecule has 78 valence electrons. The van der Waals surface area contributed by atoms with Gasteiger partial charge in [-0.2, -0.15) is 0 Å². The van der Waals surface area contributed by atoms with Crippen LogP contribution in [-0.2, 0) is 0 Å². The van der Waals surface area contributed by atoms with E-state index in [-0.39, 0.29) is 0 Å². The van der Waals surface area contributed by atoms with Crippen LogP contribution in [0.25, 0.3) is 0 Å². The second kappa shape index (κ2) is 4.97. The van der Waals surface area contributed by atoms with Crippen LogP contribution in [0.2, 0.25) is 0 Å². The van der Waals surface area contributed by atoms with Gasteiger partial charge in [-0.25, -0.2) is 0 Å². The molecule has 0 spiro atoms. The lowest BCUT2D eigenvalue weighted by atomic mass is 9.72. The van der Waals surface area contributed by atoms with Crippen molar-refractivity contribution in [2.75, 3.05) is 13.7 Å². The summed E-state index contributed by atoms with van der Waals surface area (Å²) >= 11 is 0. The quantitative estimate of drug-likeness (QED) is 0.682. The molecule has 2 nitrogen and oxygen atoms in total. The van der Waals surface area contributed by atoms with E-state index in [1.165, 1.54) is 19.3 Å². The van der Waals surface area contributed by atoms with Gasteiger partial charge in [0.05, 0.1) is 0 Å². The third-order valence-corrected chi connectivity index (χ3v) is 3.52. The fraction of sp³-hybridized carbons (Fsp3) is 1.00. The van der Waals surface area contributed by atoms with Gasteiger partial charge in [-0.3, -0.25) is 0 Å². The average molecular weight is 185 g/mol. The number of nitrogens with one attached hydrogen (secondary N) is 1. The zero-order valence-corrected chi connectivity index (χ0v) is 9.09. The van der Waals surface area contributed by atoms with Gasteiger partial charge in [0.25, 0.3) is 0 Å². The molecule has 2 heteroatoms. The lowest BCUT2D eigenvalue weighted by Gasteiger charge is -2.39. The Morgan fingerprint density at radius 2 is 2.00 bits per heavy atom. The molecular formula is C11H23NO. The topological polar surface area (TPSA) is 32.3 Å². The van der Waals surface area contributed by atoms with E-state index in [0.29, 0.717) is 24.5 Å². The van der Waals surface area contributed by atoms with Gasteiger partial charge >= 0.3 is 0 Å². The van der Waals surface area contributed by atoms with Crippen LogP contribution >= 0.6 is 0 Å². The van der Waals surface area contributed by atoms with Crippen molar-refractivity contribution in [2.24, 2.45) is 17.8 Å². The first-order valence-corrected chi connectivity index (χ1v) is 5.48. The van der Waals surface area contributed by atoms with Gasteiger partial charge in [0.2, 0.25) is 0 Å². The number of aliphatic hydroxyl groups excluding tert-OH is 1. The summed E-state index contributed by atoms with van der Waals surface area (Å²) in [5.74, 6) is 1.81. The van der Waals surface area contributed by atoms with Crippen molar-refractivity contribution < 1.29 is 5.11 Å². The Labute approximate surface area is 81.7 Å². The van der Waals surface area contributed by atoms with Gasteiger partial charge in [0.1, 0.15) is 0 Å². The van der Waals surface area contributed by atoms with E-state index in [1.54, 1.807) is 0 Å². The molecule has 2 N–H and O–H groups in total. The van der Waals surface area contributed by atoms with E-state index in [1.807, 2.05) is 7.05 Å². The largest absolute Gasteiger partial charge is 0.396 e. The first kappa shape index (κ1) is 11.0. The number of hydrogen-bond acceptors (Lipinski definition) is 2. The number of aliphatic hydroxyl groups is 1. The molecule has 0 heterocycles. The molecule has 2 atom stereocenters. The molecule has 0 saturated heterocycles. The van der Waals surface area contributed by atoms with E-state index < -0.39 is 0 Å². The van der Waals surface area contributed by atoms with Gasteiger partial charge in [0, 0.05) is 12.6 Å². The van der Waals surface area contributed by atoms with Crippen LogP contribution in [0.15, 0.2) is 0 Å². The van der Waals surface area contributed by atoms with Gasteiger partial charge < -0.3 is 10.4 Å². The molecule has 1 saturated carbocycles. The van der Waals surface area contributed by atoms with Gasteiger partial charge in [-0.1, -0.05) is 20.3 Å². The molecule has 0 aromatic rings. The molecule has 0 aromatic heterocycles. The average Bonchev–Trinajstić information content (AvgIpc) is 1.99. The Morgan fingerprint density at radius 3 is 2.23 bits per heavy atom. The summed E-state index contributed by atoms with van der Waals surface area (Å²) in [6.45, 7) is 4.72. The molecule has 0 amide bonds. The highest BCUT2D eigenvalue weighted by molar-refractivity contribution is 4.87. The summed E-state index contributed by atoms with van der Waals surface area (Å²) in [6.07, 6.45) is 4.06. The second-order valence-corrected chi connectivity index (χ2v) is 4.60. The van der Waals surface area contributed by atoms with Crippen LogP contribution in [0.5, 0.6) is 0 Å². The standard InChI is InChI=1S/C11H23NO/c1-8(2)10(7-13)11(12-3)9-5-4-6-9/h8-13H,4-7H2,1-3H3. The Balaban J connectivity index is 2.50. The maximum atomic E-state index is 9.33. The van der Waals surface area contributed by atoms with Crippen LogP contribution in [-0.4, -0.2) is 24.8 Å². The minimum atomic E-state index is 0.319. The van der Waals surface area contributed by atoms with Crippen LogP contribution in [0, 0.1) is 17.8 Å². The monoisotopic (exact) mass is 185 g/mol. The van der Waals surface area contributed by atoms with Gasteiger partial charge in [-0.15, -0.1) is 0 Å². The molecule has 1 fully saturated rings. The summed E-state index contributed by atoms with van der Waals surface area (Å²) in [5, 5.41) is 12.7. The van der Waals surface area contributed by atoms with E-state index in [9.17, 15) is 5.11 Å². The molecular weight excluding hydrogens is 162 g/mol. The molecule has 0 aliphatic heterocycles. The minimum Gasteiger partial charge on any atom is -0.396 e. The van der Waals surface area contributed by atoms with E-state index in [4.69, 9.17) is 0 Å². The SMILES string of the molecule is CNC(C1CCC1)C(CO)C(C)C. The maximum Gasteiger partial charge on any atom is 0.0476 e. The molecule has 1 rings (SSSR count). The Hall–Kier alpha value is -0.0800. The Morgan fingerprint density at radius 1 is 1.38 bits per heavy atom. The van der Waals surface area contributed by atoms with E-state index in [2.05, 4.69) is 19.2 Å². The molecule has 0 aromatic carbocycles. The third-order valence-electron chi connectivity index (χ3n) is 3.52. The molecule has 1 aliphatic carbocycles. The Bertz CT molecular complexity index is 143. The highest BCUT2D eigenvalue weighted by Crippen LogP contribution is 2.34. The number of rotatable bonds is 5. The molecule has 1 aliphatic rings. The zero-order chi connectivity index (χ0) is 9.84. The first-order valence-electron chi connectivity index (χ1n) is 5.48. The second-order valence-electron chi connectivity index (χ2n) is 4.60. The molecule has 2 unspecified atom stereocenters. The summed E-state index contributed by atoms with van der Waals surface area (Å²) < 4.78 is 0. The van der Waals surface area contributed by atoms with Crippen molar-refractivity contribution in [1.29, 1.82) is 0 Å². The number of hydrogen-bond donors (Lipinski definition) is 2. The van der Waals surface area contributed by atoms with Crippen molar-refractivity contribution in [3.05, 3.63) is 0 Å². The zero-order valence-electron chi connectivity index (χ0n) is 9.09. The van der Waals surface area contributed by atoms with Crippen molar-refractivity contribution in [3.63, 3.8) is 0 Å². The molecule has 0 bridgehead atoms. The Kier molecular flexibility index (Phi) is 4.20. The van der Waals surface area contributed by atoms with Crippen molar-refractivity contribution in [2.45, 2.75) is 39.2 Å². The maximum absolute atomic E-state index is 9.33. The van der Waals surface area contributed by atoms with Gasteiger partial charge in [0.15, 0.2) is 0 Å². The predicted molar refractivity (Wildman–Crippen MR) is 55.6 cm³/mol. The van der Waals surface area contributed by atoms with Gasteiger partial charge in [-0.05, 0) is 37.6 Å².